The standard InChI is InChI=1S/C25H22FN3O2/c1-25(2,3)28(31)16-17-8-4-5-9-20(17)23-21-10-6-7-11-22(21)24(30)29(27-23)19-14-12-18(26)13-15-19/h4-16H,1-3H3/b28-16-. The van der Waals surface area contributed by atoms with Crippen LogP contribution in [0.1, 0.15) is 26.3 Å². The number of fused-ring (bicyclic) bond motifs is 1. The van der Waals surface area contributed by atoms with Crippen LogP contribution in [0.15, 0.2) is 77.6 Å². The first-order valence-corrected chi connectivity index (χ1v) is 9.94. The largest absolute Gasteiger partial charge is 0.623 e. The third-order valence-corrected chi connectivity index (χ3v) is 5.01. The Morgan fingerprint density at radius 1 is 0.935 bits per heavy atom. The summed E-state index contributed by atoms with van der Waals surface area (Å²) in [6.45, 7) is 5.50. The lowest BCUT2D eigenvalue weighted by Gasteiger charge is -2.19. The third kappa shape index (κ3) is 3.97. The van der Waals surface area contributed by atoms with Gasteiger partial charge in [-0.25, -0.2) is 9.13 Å². The number of rotatable bonds is 3. The maximum absolute atomic E-state index is 13.4. The van der Waals surface area contributed by atoms with Crippen LogP contribution >= 0.6 is 0 Å². The topological polar surface area (TPSA) is 61.0 Å². The summed E-state index contributed by atoms with van der Waals surface area (Å²) in [5.74, 6) is -0.393. The Bertz CT molecular complexity index is 1350. The van der Waals surface area contributed by atoms with E-state index in [1.165, 1.54) is 28.9 Å². The number of hydrogen-bond donors (Lipinski definition) is 0. The zero-order valence-corrected chi connectivity index (χ0v) is 17.5. The van der Waals surface area contributed by atoms with Gasteiger partial charge in [0, 0.05) is 37.3 Å². The van der Waals surface area contributed by atoms with Gasteiger partial charge in [-0.15, -0.1) is 0 Å². The molecule has 6 heteroatoms. The van der Waals surface area contributed by atoms with Gasteiger partial charge in [0.05, 0.1) is 11.1 Å². The van der Waals surface area contributed by atoms with Gasteiger partial charge in [0.25, 0.3) is 5.56 Å². The summed E-state index contributed by atoms with van der Waals surface area (Å²) in [5.41, 5.74) is 1.53. The zero-order valence-electron chi connectivity index (χ0n) is 17.5. The smallest absolute Gasteiger partial charge is 0.279 e. The monoisotopic (exact) mass is 415 g/mol. The number of nitrogens with zero attached hydrogens (tertiary/aromatic N) is 3. The molecule has 1 heterocycles. The van der Waals surface area contributed by atoms with Crippen molar-refractivity contribution in [3.8, 4) is 16.9 Å². The molecule has 5 nitrogen and oxygen atoms in total. The zero-order chi connectivity index (χ0) is 22.2. The van der Waals surface area contributed by atoms with E-state index in [9.17, 15) is 14.4 Å². The van der Waals surface area contributed by atoms with Gasteiger partial charge in [-0.2, -0.15) is 9.78 Å². The van der Waals surface area contributed by atoms with Crippen molar-refractivity contribution < 1.29 is 9.13 Å². The van der Waals surface area contributed by atoms with Gasteiger partial charge in [0.15, 0.2) is 11.8 Å². The van der Waals surface area contributed by atoms with Gasteiger partial charge in [-0.05, 0) is 36.4 Å². The van der Waals surface area contributed by atoms with Crippen LogP contribution in [0.25, 0.3) is 27.7 Å². The Morgan fingerprint density at radius 3 is 2.23 bits per heavy atom. The highest BCUT2D eigenvalue weighted by molar-refractivity contribution is 5.98. The van der Waals surface area contributed by atoms with Gasteiger partial charge in [0.2, 0.25) is 0 Å². The van der Waals surface area contributed by atoms with Crippen LogP contribution in [0.5, 0.6) is 0 Å². The highest BCUT2D eigenvalue weighted by atomic mass is 19.1. The Morgan fingerprint density at radius 2 is 1.55 bits per heavy atom. The fourth-order valence-electron chi connectivity index (χ4n) is 3.29. The molecule has 1 aromatic heterocycles. The van der Waals surface area contributed by atoms with Gasteiger partial charge in [0.1, 0.15) is 11.5 Å². The van der Waals surface area contributed by atoms with Crippen LogP contribution in [0.4, 0.5) is 4.39 Å². The van der Waals surface area contributed by atoms with Crippen LogP contribution in [-0.2, 0) is 0 Å². The first-order chi connectivity index (χ1) is 14.8. The highest BCUT2D eigenvalue weighted by Crippen LogP contribution is 2.28. The van der Waals surface area contributed by atoms with E-state index in [0.717, 1.165) is 10.3 Å². The van der Waals surface area contributed by atoms with Crippen molar-refractivity contribution >= 4 is 17.0 Å². The summed E-state index contributed by atoms with van der Waals surface area (Å²) in [4.78, 5) is 13.1. The molecule has 0 saturated carbocycles. The molecule has 0 aliphatic heterocycles. The molecule has 0 amide bonds. The minimum absolute atomic E-state index is 0.299. The van der Waals surface area contributed by atoms with Gasteiger partial charge in [-0.1, -0.05) is 36.4 Å². The Hall–Kier alpha value is -3.80. The molecule has 0 aliphatic carbocycles. The first-order valence-electron chi connectivity index (χ1n) is 9.94. The summed E-state index contributed by atoms with van der Waals surface area (Å²) < 4.78 is 15.6. The van der Waals surface area contributed by atoms with Crippen molar-refractivity contribution in [2.75, 3.05) is 0 Å². The molecule has 4 rings (SSSR count). The summed E-state index contributed by atoms with van der Waals surface area (Å²) in [5, 5.41) is 18.4. The van der Waals surface area contributed by atoms with Gasteiger partial charge in [-0.3, -0.25) is 4.79 Å². The molecule has 156 valence electrons. The maximum Gasteiger partial charge on any atom is 0.279 e. The van der Waals surface area contributed by atoms with Crippen LogP contribution in [0.3, 0.4) is 0 Å². The number of hydrogen-bond acceptors (Lipinski definition) is 3. The van der Waals surface area contributed by atoms with E-state index >= 15 is 0 Å². The molecule has 0 aliphatic rings. The van der Waals surface area contributed by atoms with Gasteiger partial charge < -0.3 is 5.21 Å². The fraction of sp³-hybridized carbons (Fsp3) is 0.160. The van der Waals surface area contributed by atoms with E-state index in [4.69, 9.17) is 0 Å². The van der Waals surface area contributed by atoms with E-state index in [-0.39, 0.29) is 5.56 Å². The molecular weight excluding hydrogens is 393 g/mol. The number of halogens is 1. The van der Waals surface area contributed by atoms with Crippen molar-refractivity contribution in [2.24, 2.45) is 0 Å². The predicted octanol–water partition coefficient (Wildman–Crippen LogP) is 4.92. The Kier molecular flexibility index (Phi) is 5.15. The quantitative estimate of drug-likeness (QED) is 0.207. The number of hydroxylamine groups is 1. The van der Waals surface area contributed by atoms with E-state index < -0.39 is 11.4 Å². The lowest BCUT2D eigenvalue weighted by Crippen LogP contribution is -2.29. The third-order valence-electron chi connectivity index (χ3n) is 5.01. The van der Waals surface area contributed by atoms with Crippen molar-refractivity contribution in [1.82, 2.24) is 9.78 Å². The molecule has 0 unspecified atom stereocenters. The minimum Gasteiger partial charge on any atom is -0.623 e. The van der Waals surface area contributed by atoms with E-state index in [0.29, 0.717) is 27.7 Å². The minimum atomic E-state index is -0.602. The second-order valence-electron chi connectivity index (χ2n) is 8.30. The van der Waals surface area contributed by atoms with Crippen molar-refractivity contribution in [3.05, 3.63) is 99.7 Å². The molecule has 3 aromatic carbocycles. The molecule has 0 atom stereocenters. The highest BCUT2D eigenvalue weighted by Gasteiger charge is 2.20. The van der Waals surface area contributed by atoms with E-state index in [2.05, 4.69) is 5.10 Å². The average molecular weight is 415 g/mol. The van der Waals surface area contributed by atoms with Crippen molar-refractivity contribution in [1.29, 1.82) is 0 Å². The summed E-state index contributed by atoms with van der Waals surface area (Å²) >= 11 is 0. The second kappa shape index (κ2) is 7.80. The van der Waals surface area contributed by atoms with E-state index in [1.807, 2.05) is 57.2 Å². The SMILES string of the molecule is CC(C)(C)/[N+]([O-])=C/c1ccccc1-c1nn(-c2ccc(F)cc2)c(=O)c2ccccc12. The summed E-state index contributed by atoms with van der Waals surface area (Å²) in [6.07, 6.45) is 1.54. The predicted molar refractivity (Wildman–Crippen MR) is 121 cm³/mol. The molecule has 0 fully saturated rings. The molecule has 4 aromatic rings. The van der Waals surface area contributed by atoms with Crippen LogP contribution < -0.4 is 5.56 Å². The molecule has 0 radical (unpaired) electrons. The molecule has 0 bridgehead atoms. The van der Waals surface area contributed by atoms with Crippen LogP contribution in [0.2, 0.25) is 0 Å². The van der Waals surface area contributed by atoms with Crippen LogP contribution in [0, 0.1) is 11.0 Å². The lowest BCUT2D eigenvalue weighted by molar-refractivity contribution is -0.530. The number of benzene rings is 3. The molecule has 0 saturated heterocycles. The normalized spacial score (nSPS) is 12.3. The summed E-state index contributed by atoms with van der Waals surface area (Å²) in [6, 6.07) is 20.2. The molecule has 31 heavy (non-hydrogen) atoms. The molecule has 0 spiro atoms. The second-order valence-corrected chi connectivity index (χ2v) is 8.30. The lowest BCUT2D eigenvalue weighted by atomic mass is 10.00. The van der Waals surface area contributed by atoms with Crippen LogP contribution in [-0.4, -0.2) is 26.3 Å². The number of aromatic nitrogens is 2. The fourth-order valence-corrected chi connectivity index (χ4v) is 3.29. The average Bonchev–Trinajstić information content (AvgIpc) is 2.75. The van der Waals surface area contributed by atoms with Gasteiger partial charge >= 0.3 is 0 Å². The Balaban J connectivity index is 2.03. The van der Waals surface area contributed by atoms with Crippen molar-refractivity contribution in [3.63, 3.8) is 0 Å². The van der Waals surface area contributed by atoms with Crippen molar-refractivity contribution in [2.45, 2.75) is 26.3 Å². The van der Waals surface area contributed by atoms with E-state index in [1.54, 1.807) is 18.3 Å². The Labute approximate surface area is 179 Å². The molecular formula is C25H22FN3O2. The summed E-state index contributed by atoms with van der Waals surface area (Å²) in [7, 11) is 0. The first kappa shape index (κ1) is 20.5. The maximum atomic E-state index is 13.4. The molecule has 0 N–H and O–H groups in total.